The third-order valence-corrected chi connectivity index (χ3v) is 4.76. The fourth-order valence-corrected chi connectivity index (χ4v) is 3.71. The summed E-state index contributed by atoms with van der Waals surface area (Å²) in [6.45, 7) is 9.09. The summed E-state index contributed by atoms with van der Waals surface area (Å²) in [4.78, 5) is 25.6. The van der Waals surface area contributed by atoms with E-state index in [1.807, 2.05) is 45.9 Å². The fraction of sp³-hybridized carbons (Fsp3) is 0.600. The Kier molecular flexibility index (Phi) is 8.89. The highest BCUT2D eigenvalue weighted by Gasteiger charge is 2.55. The molecule has 0 aliphatic carbocycles. The SMILES string of the molecule is CC.CC.N#CCC1(C[N+](=O)[O-])C(=O)N(C2CCNCC2)c2ccccc21. The number of para-hydroxylation sites is 1. The molecule has 1 amide bonds. The smallest absolute Gasteiger partial charge is 0.245 e. The van der Waals surface area contributed by atoms with Gasteiger partial charge in [-0.2, -0.15) is 5.26 Å². The summed E-state index contributed by atoms with van der Waals surface area (Å²) in [5.41, 5.74) is -0.0250. The van der Waals surface area contributed by atoms with E-state index in [0.717, 1.165) is 31.6 Å². The molecule has 0 saturated carbocycles. The van der Waals surface area contributed by atoms with Crippen LogP contribution >= 0.6 is 0 Å². The van der Waals surface area contributed by atoms with Gasteiger partial charge in [0.15, 0.2) is 5.41 Å². The van der Waals surface area contributed by atoms with E-state index in [2.05, 4.69) is 5.32 Å². The number of anilines is 1. The number of carbonyl (C=O) groups excluding carboxylic acids is 1. The number of fused-ring (bicyclic) bond motifs is 1. The molecule has 1 N–H and O–H groups in total. The first-order chi connectivity index (χ1) is 13.1. The highest BCUT2D eigenvalue weighted by atomic mass is 16.6. The monoisotopic (exact) mass is 374 g/mol. The fourth-order valence-electron chi connectivity index (χ4n) is 3.71. The molecule has 0 spiro atoms. The standard InChI is InChI=1S/C16H18N4O3.2C2H6/c17-8-7-16(11-19(22)23)13-3-1-2-4-14(13)20(15(16)21)12-5-9-18-10-6-12;2*1-2/h1-4,12,18H,5-7,9-11H2;2*1-2H3. The zero-order chi connectivity index (χ0) is 20.4. The Morgan fingerprint density at radius 1 is 1.26 bits per heavy atom. The van der Waals surface area contributed by atoms with Crippen LogP contribution in [0, 0.1) is 21.4 Å². The molecule has 1 fully saturated rings. The van der Waals surface area contributed by atoms with Crippen LogP contribution in [0.25, 0.3) is 0 Å². The number of nitrogens with one attached hydrogen (secondary N) is 1. The highest BCUT2D eigenvalue weighted by Crippen LogP contribution is 2.45. The minimum atomic E-state index is -1.36. The number of hydrogen-bond donors (Lipinski definition) is 1. The van der Waals surface area contributed by atoms with Crippen LogP contribution in [-0.4, -0.2) is 36.5 Å². The number of nitriles is 1. The van der Waals surface area contributed by atoms with Gasteiger partial charge in [-0.1, -0.05) is 45.9 Å². The number of nitro groups is 1. The quantitative estimate of drug-likeness (QED) is 0.644. The molecule has 1 unspecified atom stereocenters. The summed E-state index contributed by atoms with van der Waals surface area (Å²) in [6.07, 6.45) is 1.44. The van der Waals surface area contributed by atoms with E-state index < -0.39 is 16.9 Å². The molecular formula is C20H30N4O3. The molecule has 0 radical (unpaired) electrons. The van der Waals surface area contributed by atoms with Gasteiger partial charge in [0.05, 0.1) is 12.5 Å². The van der Waals surface area contributed by atoms with Crippen LogP contribution in [0.4, 0.5) is 5.69 Å². The molecular weight excluding hydrogens is 344 g/mol. The molecule has 1 aromatic rings. The lowest BCUT2D eigenvalue weighted by Gasteiger charge is -2.33. The summed E-state index contributed by atoms with van der Waals surface area (Å²) >= 11 is 0. The van der Waals surface area contributed by atoms with Crippen molar-refractivity contribution in [2.75, 3.05) is 24.5 Å². The van der Waals surface area contributed by atoms with Gasteiger partial charge >= 0.3 is 0 Å². The Balaban J connectivity index is 0.000000855. The number of rotatable bonds is 4. The van der Waals surface area contributed by atoms with Crippen molar-refractivity contribution in [3.05, 3.63) is 39.9 Å². The number of piperidine rings is 1. The lowest BCUT2D eigenvalue weighted by Crippen LogP contribution is -2.51. The van der Waals surface area contributed by atoms with Gasteiger partial charge in [0.25, 0.3) is 0 Å². The first-order valence-electron chi connectivity index (χ1n) is 9.73. The van der Waals surface area contributed by atoms with Crippen LogP contribution in [0.3, 0.4) is 0 Å². The molecule has 7 nitrogen and oxygen atoms in total. The second-order valence-electron chi connectivity index (χ2n) is 6.08. The maximum atomic E-state index is 13.2. The topological polar surface area (TPSA) is 99.3 Å². The molecule has 2 aliphatic rings. The number of nitrogens with zero attached hydrogens (tertiary/aromatic N) is 3. The van der Waals surface area contributed by atoms with Crippen molar-refractivity contribution in [2.24, 2.45) is 0 Å². The Hall–Kier alpha value is -2.46. The zero-order valence-corrected chi connectivity index (χ0v) is 16.7. The molecule has 1 saturated heterocycles. The summed E-state index contributed by atoms with van der Waals surface area (Å²) in [5, 5.41) is 23.6. The Morgan fingerprint density at radius 2 is 1.85 bits per heavy atom. The van der Waals surface area contributed by atoms with E-state index in [1.54, 1.807) is 17.0 Å². The Morgan fingerprint density at radius 3 is 2.41 bits per heavy atom. The second kappa shape index (κ2) is 10.6. The van der Waals surface area contributed by atoms with Crippen molar-refractivity contribution in [3.8, 4) is 6.07 Å². The van der Waals surface area contributed by atoms with E-state index in [1.165, 1.54) is 0 Å². The molecule has 3 rings (SSSR count). The molecule has 0 aromatic heterocycles. The van der Waals surface area contributed by atoms with Gasteiger partial charge < -0.3 is 10.2 Å². The van der Waals surface area contributed by atoms with Crippen LogP contribution in [0.1, 0.15) is 52.5 Å². The van der Waals surface area contributed by atoms with Crippen molar-refractivity contribution >= 4 is 11.6 Å². The van der Waals surface area contributed by atoms with Crippen LogP contribution in [0.15, 0.2) is 24.3 Å². The van der Waals surface area contributed by atoms with E-state index >= 15 is 0 Å². The molecule has 1 atom stereocenters. The van der Waals surface area contributed by atoms with Crippen molar-refractivity contribution in [3.63, 3.8) is 0 Å². The van der Waals surface area contributed by atoms with Gasteiger partial charge in [-0.25, -0.2) is 0 Å². The molecule has 7 heteroatoms. The summed E-state index contributed by atoms with van der Waals surface area (Å²) in [7, 11) is 0. The summed E-state index contributed by atoms with van der Waals surface area (Å²) in [5.74, 6) is -0.302. The third kappa shape index (κ3) is 4.45. The predicted molar refractivity (Wildman–Crippen MR) is 106 cm³/mol. The van der Waals surface area contributed by atoms with E-state index in [0.29, 0.717) is 5.56 Å². The van der Waals surface area contributed by atoms with E-state index in [-0.39, 0.29) is 18.4 Å². The second-order valence-corrected chi connectivity index (χ2v) is 6.08. The van der Waals surface area contributed by atoms with Crippen molar-refractivity contribution in [1.82, 2.24) is 5.32 Å². The van der Waals surface area contributed by atoms with E-state index in [4.69, 9.17) is 0 Å². The first kappa shape index (κ1) is 22.6. The van der Waals surface area contributed by atoms with Crippen LogP contribution < -0.4 is 10.2 Å². The Labute approximate surface area is 161 Å². The zero-order valence-electron chi connectivity index (χ0n) is 16.7. The van der Waals surface area contributed by atoms with E-state index in [9.17, 15) is 20.2 Å². The van der Waals surface area contributed by atoms with Crippen molar-refractivity contribution < 1.29 is 9.72 Å². The average Bonchev–Trinajstić information content (AvgIpc) is 2.94. The van der Waals surface area contributed by atoms with Gasteiger partial charge in [-0.3, -0.25) is 14.9 Å². The molecule has 0 bridgehead atoms. The first-order valence-corrected chi connectivity index (χ1v) is 9.73. The molecule has 1 aromatic carbocycles. The summed E-state index contributed by atoms with van der Waals surface area (Å²) in [6, 6.07) is 9.18. The molecule has 148 valence electrons. The highest BCUT2D eigenvalue weighted by molar-refractivity contribution is 6.09. The lowest BCUT2D eigenvalue weighted by atomic mass is 9.79. The normalized spacial score (nSPS) is 21.1. The summed E-state index contributed by atoms with van der Waals surface area (Å²) < 4.78 is 0. The predicted octanol–water partition coefficient (Wildman–Crippen LogP) is 3.27. The number of benzene rings is 1. The molecule has 2 heterocycles. The largest absolute Gasteiger partial charge is 0.317 e. The third-order valence-electron chi connectivity index (χ3n) is 4.76. The van der Waals surface area contributed by atoms with Gasteiger partial charge in [0.1, 0.15) is 0 Å². The van der Waals surface area contributed by atoms with Crippen molar-refractivity contribution in [1.29, 1.82) is 5.26 Å². The van der Waals surface area contributed by atoms with Crippen molar-refractivity contribution in [2.45, 2.75) is 58.4 Å². The average molecular weight is 374 g/mol. The van der Waals surface area contributed by atoms with Gasteiger partial charge in [-0.05, 0) is 37.6 Å². The van der Waals surface area contributed by atoms with Crippen LogP contribution in [-0.2, 0) is 10.2 Å². The minimum Gasteiger partial charge on any atom is -0.317 e. The van der Waals surface area contributed by atoms with Gasteiger partial charge in [-0.15, -0.1) is 0 Å². The number of amides is 1. The number of carbonyl (C=O) groups is 1. The van der Waals surface area contributed by atoms with Crippen LogP contribution in [0.5, 0.6) is 0 Å². The van der Waals surface area contributed by atoms with Gasteiger partial charge in [0.2, 0.25) is 12.5 Å². The minimum absolute atomic E-state index is 0.0252. The maximum absolute atomic E-state index is 13.2. The maximum Gasteiger partial charge on any atom is 0.245 e. The number of hydrogen-bond acceptors (Lipinski definition) is 5. The van der Waals surface area contributed by atoms with Crippen LogP contribution in [0.2, 0.25) is 0 Å². The Bertz CT molecular complexity index is 680. The lowest BCUT2D eigenvalue weighted by molar-refractivity contribution is -0.487. The molecule has 2 aliphatic heterocycles. The van der Waals surface area contributed by atoms with Gasteiger partial charge in [0, 0.05) is 16.7 Å². The molecule has 27 heavy (non-hydrogen) atoms.